The van der Waals surface area contributed by atoms with Crippen molar-refractivity contribution in [3.05, 3.63) is 122 Å². The third-order valence-electron chi connectivity index (χ3n) is 11.9. The number of ether oxygens (including phenoxy) is 3. The zero-order valence-electron chi connectivity index (χ0n) is 45.9. The van der Waals surface area contributed by atoms with E-state index in [-0.39, 0.29) is 37.5 Å². The zero-order valence-corrected chi connectivity index (χ0v) is 45.9. The van der Waals surface area contributed by atoms with Crippen LogP contribution in [0.3, 0.4) is 0 Å². The van der Waals surface area contributed by atoms with Crippen molar-refractivity contribution in [2.45, 2.75) is 258 Å². The number of rotatable bonds is 51. The van der Waals surface area contributed by atoms with Gasteiger partial charge in [0, 0.05) is 19.3 Å². The van der Waals surface area contributed by atoms with Crippen LogP contribution in [0.5, 0.6) is 0 Å². The van der Waals surface area contributed by atoms with Crippen LogP contribution in [0.15, 0.2) is 122 Å². The van der Waals surface area contributed by atoms with Crippen LogP contribution in [0.4, 0.5) is 0 Å². The Morgan fingerprint density at radius 1 is 0.296 bits per heavy atom. The molecule has 0 spiro atoms. The van der Waals surface area contributed by atoms with Crippen LogP contribution in [0.1, 0.15) is 252 Å². The van der Waals surface area contributed by atoms with Crippen LogP contribution in [0.25, 0.3) is 0 Å². The van der Waals surface area contributed by atoms with E-state index in [0.717, 1.165) is 122 Å². The Kier molecular flexibility index (Phi) is 54.9. The van der Waals surface area contributed by atoms with E-state index in [1.54, 1.807) is 0 Å². The predicted octanol–water partition coefficient (Wildman–Crippen LogP) is 19.6. The minimum Gasteiger partial charge on any atom is -0.462 e. The maximum Gasteiger partial charge on any atom is 0.306 e. The second kappa shape index (κ2) is 58.4. The summed E-state index contributed by atoms with van der Waals surface area (Å²) in [5.74, 6) is -0.977. The van der Waals surface area contributed by atoms with Gasteiger partial charge in [0.15, 0.2) is 6.10 Å². The molecule has 0 radical (unpaired) electrons. The minimum atomic E-state index is -0.815. The first-order valence-electron chi connectivity index (χ1n) is 29.0. The van der Waals surface area contributed by atoms with Crippen LogP contribution in [-0.2, 0) is 28.6 Å². The Morgan fingerprint density at radius 3 is 0.915 bits per heavy atom. The summed E-state index contributed by atoms with van der Waals surface area (Å²) in [6, 6.07) is 0. The molecule has 71 heavy (non-hydrogen) atoms. The highest BCUT2D eigenvalue weighted by Crippen LogP contribution is 2.13. The predicted molar refractivity (Wildman–Crippen MR) is 306 cm³/mol. The molecular formula is C65H106O6. The number of esters is 3. The highest BCUT2D eigenvalue weighted by atomic mass is 16.6. The molecule has 0 bridgehead atoms. The van der Waals surface area contributed by atoms with Gasteiger partial charge in [0.2, 0.25) is 0 Å². The van der Waals surface area contributed by atoms with Gasteiger partial charge in [0.05, 0.1) is 0 Å². The first-order valence-corrected chi connectivity index (χ1v) is 29.0. The van der Waals surface area contributed by atoms with Crippen molar-refractivity contribution in [1.82, 2.24) is 0 Å². The van der Waals surface area contributed by atoms with Crippen LogP contribution in [0, 0.1) is 0 Å². The lowest BCUT2D eigenvalue weighted by Gasteiger charge is -2.18. The monoisotopic (exact) mass is 983 g/mol. The van der Waals surface area contributed by atoms with Crippen molar-refractivity contribution < 1.29 is 28.6 Å². The lowest BCUT2D eigenvalue weighted by atomic mass is 10.1. The SMILES string of the molecule is CC/C=C/C/C=C/C/C=C/C/C=C/C/C=C/CCCCCC(=O)OC[C@@H](COC(=O)CCCCCCCCC/C=C/CCCCCC)OC(=O)CCCCC/C=C/C/C=C/C/C=C/C/C=C/CCCCC. The van der Waals surface area contributed by atoms with Crippen LogP contribution in [-0.4, -0.2) is 37.2 Å². The molecule has 1 atom stereocenters. The van der Waals surface area contributed by atoms with Gasteiger partial charge >= 0.3 is 17.9 Å². The molecule has 0 aromatic carbocycles. The summed E-state index contributed by atoms with van der Waals surface area (Å²) in [6.45, 7) is 6.42. The van der Waals surface area contributed by atoms with Gasteiger partial charge in [-0.1, -0.05) is 219 Å². The van der Waals surface area contributed by atoms with Crippen molar-refractivity contribution in [3.8, 4) is 0 Å². The summed E-state index contributed by atoms with van der Waals surface area (Å²) in [5, 5.41) is 0. The Labute approximate surface area is 437 Å². The number of allylic oxidation sites excluding steroid dienone is 20. The van der Waals surface area contributed by atoms with Crippen LogP contribution in [0.2, 0.25) is 0 Å². The van der Waals surface area contributed by atoms with E-state index >= 15 is 0 Å². The summed E-state index contributed by atoms with van der Waals surface area (Å²) in [5.41, 5.74) is 0. The molecule has 402 valence electrons. The second-order valence-electron chi connectivity index (χ2n) is 18.8. The number of carbonyl (C=O) groups is 3. The largest absolute Gasteiger partial charge is 0.462 e. The standard InChI is InChI=1S/C65H106O6/c1-4-7-10-13-16-19-22-25-28-30-32-34-37-40-43-46-49-52-55-58-64(67)70-61-62(60-69-63(66)57-54-51-48-45-42-39-36-27-24-21-18-15-12-9-6-3)71-65(68)59-56-53-50-47-44-41-38-35-33-31-29-26-23-20-17-14-11-8-5-2/h7,10,16-17,19-21,24-26,28-29,32-35,40-41,43-44,62H,4-6,8-9,11-15,18,22-23,27,30-31,36-39,42,45-61H2,1-3H3/b10-7+,19-16+,20-17+,24-21+,28-25+,29-26+,34-32+,35-33+,43-40+,44-41+/t62-/m1/s1. The van der Waals surface area contributed by atoms with Gasteiger partial charge in [-0.2, -0.15) is 0 Å². The van der Waals surface area contributed by atoms with Gasteiger partial charge in [-0.3, -0.25) is 14.4 Å². The molecule has 0 amide bonds. The zero-order chi connectivity index (χ0) is 51.4. The quantitative estimate of drug-likeness (QED) is 0.0261. The van der Waals surface area contributed by atoms with Crippen molar-refractivity contribution in [1.29, 1.82) is 0 Å². The van der Waals surface area contributed by atoms with E-state index < -0.39 is 6.10 Å². The lowest BCUT2D eigenvalue weighted by molar-refractivity contribution is -0.167. The highest BCUT2D eigenvalue weighted by Gasteiger charge is 2.19. The fourth-order valence-electron chi connectivity index (χ4n) is 7.56. The minimum absolute atomic E-state index is 0.107. The fourth-order valence-corrected chi connectivity index (χ4v) is 7.56. The van der Waals surface area contributed by atoms with Crippen molar-refractivity contribution >= 4 is 17.9 Å². The first kappa shape index (κ1) is 66.8. The van der Waals surface area contributed by atoms with Gasteiger partial charge in [-0.15, -0.1) is 0 Å². The third kappa shape index (κ3) is 56.6. The molecular weight excluding hydrogens is 877 g/mol. The van der Waals surface area contributed by atoms with Gasteiger partial charge in [0.1, 0.15) is 13.2 Å². The van der Waals surface area contributed by atoms with E-state index in [2.05, 4.69) is 142 Å². The van der Waals surface area contributed by atoms with Gasteiger partial charge < -0.3 is 14.2 Å². The molecule has 0 rings (SSSR count). The Hall–Kier alpha value is -4.19. The van der Waals surface area contributed by atoms with Crippen molar-refractivity contribution in [3.63, 3.8) is 0 Å². The molecule has 0 aromatic rings. The summed E-state index contributed by atoms with van der Waals surface area (Å²) in [4.78, 5) is 38.2. The average molecular weight is 984 g/mol. The number of hydrogen-bond acceptors (Lipinski definition) is 6. The molecule has 0 saturated heterocycles. The van der Waals surface area contributed by atoms with Crippen LogP contribution >= 0.6 is 0 Å². The van der Waals surface area contributed by atoms with E-state index in [0.29, 0.717) is 12.8 Å². The average Bonchev–Trinajstić information content (AvgIpc) is 3.37. The van der Waals surface area contributed by atoms with Gasteiger partial charge in [-0.05, 0) is 135 Å². The Balaban J connectivity index is 4.54. The van der Waals surface area contributed by atoms with E-state index in [4.69, 9.17) is 14.2 Å². The Morgan fingerprint density at radius 2 is 0.549 bits per heavy atom. The topological polar surface area (TPSA) is 78.9 Å². The second-order valence-corrected chi connectivity index (χ2v) is 18.8. The van der Waals surface area contributed by atoms with Gasteiger partial charge in [-0.25, -0.2) is 0 Å². The lowest BCUT2D eigenvalue weighted by Crippen LogP contribution is -2.30. The highest BCUT2D eigenvalue weighted by molar-refractivity contribution is 5.71. The molecule has 0 N–H and O–H groups in total. The molecule has 0 unspecified atom stereocenters. The maximum absolute atomic E-state index is 12.9. The molecule has 6 nitrogen and oxygen atoms in total. The van der Waals surface area contributed by atoms with E-state index in [1.807, 2.05) is 0 Å². The molecule has 0 aliphatic rings. The van der Waals surface area contributed by atoms with Crippen LogP contribution < -0.4 is 0 Å². The number of carbonyl (C=O) groups excluding carboxylic acids is 3. The smallest absolute Gasteiger partial charge is 0.306 e. The summed E-state index contributed by atoms with van der Waals surface area (Å²) < 4.78 is 16.8. The van der Waals surface area contributed by atoms with Crippen molar-refractivity contribution in [2.24, 2.45) is 0 Å². The summed E-state index contributed by atoms with van der Waals surface area (Å²) in [7, 11) is 0. The summed E-state index contributed by atoms with van der Waals surface area (Å²) >= 11 is 0. The van der Waals surface area contributed by atoms with Gasteiger partial charge in [0.25, 0.3) is 0 Å². The third-order valence-corrected chi connectivity index (χ3v) is 11.9. The van der Waals surface area contributed by atoms with Crippen molar-refractivity contribution in [2.75, 3.05) is 13.2 Å². The molecule has 0 aliphatic carbocycles. The molecule has 0 heterocycles. The maximum atomic E-state index is 12.9. The first-order chi connectivity index (χ1) is 35.0. The molecule has 0 saturated carbocycles. The molecule has 6 heteroatoms. The Bertz CT molecular complexity index is 1500. The molecule has 0 aliphatic heterocycles. The van der Waals surface area contributed by atoms with E-state index in [9.17, 15) is 14.4 Å². The number of hydrogen-bond donors (Lipinski definition) is 0. The van der Waals surface area contributed by atoms with E-state index in [1.165, 1.54) is 89.9 Å². The summed E-state index contributed by atoms with van der Waals surface area (Å²) in [6.07, 6.45) is 80.4. The number of unbranched alkanes of at least 4 members (excludes halogenated alkanes) is 20. The fraction of sp³-hybridized carbons (Fsp3) is 0.646. The molecule has 0 fully saturated rings. The normalized spacial score (nSPS) is 13.0. The molecule has 0 aromatic heterocycles.